The standard InChI is InChI=1S/C9H19NO2/c1-4-11-8-6-10(3)7-9(8)12-5-2/h8-9H,4-7H2,1-3H3/t8-,9-/m1/s1. The molecule has 0 saturated carbocycles. The van der Waals surface area contributed by atoms with Crippen LogP contribution in [0.25, 0.3) is 0 Å². The van der Waals surface area contributed by atoms with Crippen molar-refractivity contribution < 1.29 is 9.47 Å². The zero-order valence-electron chi connectivity index (χ0n) is 8.25. The van der Waals surface area contributed by atoms with Crippen LogP contribution in [0.5, 0.6) is 0 Å². The molecule has 1 heterocycles. The lowest BCUT2D eigenvalue weighted by Crippen LogP contribution is -2.29. The van der Waals surface area contributed by atoms with E-state index < -0.39 is 0 Å². The van der Waals surface area contributed by atoms with E-state index in [1.807, 2.05) is 13.8 Å². The maximum Gasteiger partial charge on any atom is 0.0975 e. The molecule has 3 nitrogen and oxygen atoms in total. The number of nitrogens with zero attached hydrogens (tertiary/aromatic N) is 1. The van der Waals surface area contributed by atoms with Crippen molar-refractivity contribution in [3.05, 3.63) is 0 Å². The van der Waals surface area contributed by atoms with Gasteiger partial charge >= 0.3 is 0 Å². The highest BCUT2D eigenvalue weighted by Gasteiger charge is 2.31. The first-order valence-corrected chi connectivity index (χ1v) is 4.69. The van der Waals surface area contributed by atoms with Crippen LogP contribution in [0.2, 0.25) is 0 Å². The number of likely N-dealkylation sites (N-methyl/N-ethyl adjacent to an activating group) is 1. The van der Waals surface area contributed by atoms with Gasteiger partial charge in [-0.3, -0.25) is 0 Å². The van der Waals surface area contributed by atoms with Gasteiger partial charge in [0.15, 0.2) is 0 Å². The molecular weight excluding hydrogens is 154 g/mol. The Morgan fingerprint density at radius 1 is 1.08 bits per heavy atom. The molecule has 3 heteroatoms. The molecule has 0 N–H and O–H groups in total. The van der Waals surface area contributed by atoms with Gasteiger partial charge in [-0.15, -0.1) is 0 Å². The first-order valence-electron chi connectivity index (χ1n) is 4.69. The van der Waals surface area contributed by atoms with Crippen LogP contribution in [0.4, 0.5) is 0 Å². The highest BCUT2D eigenvalue weighted by atomic mass is 16.5. The predicted molar refractivity (Wildman–Crippen MR) is 48.3 cm³/mol. The van der Waals surface area contributed by atoms with Crippen LogP contribution >= 0.6 is 0 Å². The Hall–Kier alpha value is -0.120. The Morgan fingerprint density at radius 3 is 1.83 bits per heavy atom. The van der Waals surface area contributed by atoms with E-state index in [2.05, 4.69) is 11.9 Å². The molecule has 0 aliphatic carbocycles. The third-order valence-electron chi connectivity index (χ3n) is 2.16. The van der Waals surface area contributed by atoms with Crippen molar-refractivity contribution in [1.29, 1.82) is 0 Å². The Labute approximate surface area is 74.6 Å². The second-order valence-electron chi connectivity index (χ2n) is 3.21. The molecule has 0 aromatic carbocycles. The second-order valence-corrected chi connectivity index (χ2v) is 3.21. The van der Waals surface area contributed by atoms with Crippen molar-refractivity contribution in [2.75, 3.05) is 33.4 Å². The molecule has 72 valence electrons. The van der Waals surface area contributed by atoms with Crippen LogP contribution in [0, 0.1) is 0 Å². The lowest BCUT2D eigenvalue weighted by molar-refractivity contribution is -0.0388. The molecule has 2 atom stereocenters. The average molecular weight is 173 g/mol. The molecule has 0 bridgehead atoms. The van der Waals surface area contributed by atoms with Gasteiger partial charge in [-0.2, -0.15) is 0 Å². The SMILES string of the molecule is CCO[C@@H]1CN(C)C[C@H]1OCC. The van der Waals surface area contributed by atoms with Gasteiger partial charge in [0.1, 0.15) is 0 Å². The summed E-state index contributed by atoms with van der Waals surface area (Å²) >= 11 is 0. The maximum atomic E-state index is 5.57. The zero-order valence-corrected chi connectivity index (χ0v) is 8.25. The second kappa shape index (κ2) is 4.80. The first kappa shape index (κ1) is 9.96. The summed E-state index contributed by atoms with van der Waals surface area (Å²) in [7, 11) is 2.10. The van der Waals surface area contributed by atoms with Crippen molar-refractivity contribution in [3.8, 4) is 0 Å². The Kier molecular flexibility index (Phi) is 3.98. The quantitative estimate of drug-likeness (QED) is 0.626. The van der Waals surface area contributed by atoms with Crippen LogP contribution in [0.15, 0.2) is 0 Å². The smallest absolute Gasteiger partial charge is 0.0975 e. The Bertz CT molecular complexity index is 116. The van der Waals surface area contributed by atoms with Crippen molar-refractivity contribution in [1.82, 2.24) is 4.90 Å². The van der Waals surface area contributed by atoms with Crippen molar-refractivity contribution >= 4 is 0 Å². The lowest BCUT2D eigenvalue weighted by Gasteiger charge is -2.17. The molecule has 1 fully saturated rings. The van der Waals surface area contributed by atoms with E-state index in [0.29, 0.717) is 0 Å². The molecular formula is C9H19NO2. The third-order valence-corrected chi connectivity index (χ3v) is 2.16. The van der Waals surface area contributed by atoms with Gasteiger partial charge < -0.3 is 14.4 Å². The van der Waals surface area contributed by atoms with Crippen molar-refractivity contribution in [2.24, 2.45) is 0 Å². The fourth-order valence-electron chi connectivity index (χ4n) is 1.67. The minimum Gasteiger partial charge on any atom is -0.374 e. The predicted octanol–water partition coefficient (Wildman–Crippen LogP) is 0.742. The number of ether oxygens (including phenoxy) is 2. The Morgan fingerprint density at radius 2 is 1.50 bits per heavy atom. The number of rotatable bonds is 4. The zero-order chi connectivity index (χ0) is 8.97. The van der Waals surface area contributed by atoms with Crippen molar-refractivity contribution in [3.63, 3.8) is 0 Å². The summed E-state index contributed by atoms with van der Waals surface area (Å²) in [5.74, 6) is 0. The van der Waals surface area contributed by atoms with E-state index in [9.17, 15) is 0 Å². The fourth-order valence-corrected chi connectivity index (χ4v) is 1.67. The molecule has 0 aromatic heterocycles. The topological polar surface area (TPSA) is 21.7 Å². The monoisotopic (exact) mass is 173 g/mol. The van der Waals surface area contributed by atoms with Gasteiger partial charge in [-0.05, 0) is 20.9 Å². The molecule has 0 spiro atoms. The van der Waals surface area contributed by atoms with Crippen LogP contribution in [-0.4, -0.2) is 50.5 Å². The summed E-state index contributed by atoms with van der Waals surface area (Å²) in [4.78, 5) is 2.25. The van der Waals surface area contributed by atoms with E-state index >= 15 is 0 Å². The lowest BCUT2D eigenvalue weighted by atomic mass is 10.2. The first-order chi connectivity index (χ1) is 5.77. The van der Waals surface area contributed by atoms with Crippen LogP contribution in [0.1, 0.15) is 13.8 Å². The highest BCUT2D eigenvalue weighted by Crippen LogP contribution is 2.14. The van der Waals surface area contributed by atoms with Gasteiger partial charge in [-0.1, -0.05) is 0 Å². The van der Waals surface area contributed by atoms with Gasteiger partial charge in [-0.25, -0.2) is 0 Å². The molecule has 0 amide bonds. The Balaban J connectivity index is 2.36. The van der Waals surface area contributed by atoms with E-state index in [4.69, 9.17) is 9.47 Å². The minimum atomic E-state index is 0.278. The van der Waals surface area contributed by atoms with Crippen LogP contribution < -0.4 is 0 Å². The highest BCUT2D eigenvalue weighted by molar-refractivity contribution is 4.84. The number of likely N-dealkylation sites (tertiary alicyclic amines) is 1. The molecule has 0 unspecified atom stereocenters. The summed E-state index contributed by atoms with van der Waals surface area (Å²) in [6, 6.07) is 0. The van der Waals surface area contributed by atoms with Gasteiger partial charge in [0.25, 0.3) is 0 Å². The van der Waals surface area contributed by atoms with E-state index in [1.165, 1.54) is 0 Å². The minimum absolute atomic E-state index is 0.278. The average Bonchev–Trinajstić information content (AvgIpc) is 2.33. The van der Waals surface area contributed by atoms with E-state index in [-0.39, 0.29) is 12.2 Å². The van der Waals surface area contributed by atoms with E-state index in [1.54, 1.807) is 0 Å². The van der Waals surface area contributed by atoms with E-state index in [0.717, 1.165) is 26.3 Å². The van der Waals surface area contributed by atoms with Crippen molar-refractivity contribution in [2.45, 2.75) is 26.1 Å². The van der Waals surface area contributed by atoms with Crippen LogP contribution in [0.3, 0.4) is 0 Å². The summed E-state index contributed by atoms with van der Waals surface area (Å²) in [5.41, 5.74) is 0. The van der Waals surface area contributed by atoms with Crippen LogP contribution in [-0.2, 0) is 9.47 Å². The normalized spacial score (nSPS) is 31.2. The summed E-state index contributed by atoms with van der Waals surface area (Å²) in [6.07, 6.45) is 0.555. The largest absolute Gasteiger partial charge is 0.374 e. The van der Waals surface area contributed by atoms with Gasteiger partial charge in [0.05, 0.1) is 12.2 Å². The third kappa shape index (κ3) is 2.44. The number of hydrogen-bond acceptors (Lipinski definition) is 3. The summed E-state index contributed by atoms with van der Waals surface area (Å²) < 4.78 is 11.1. The molecule has 12 heavy (non-hydrogen) atoms. The summed E-state index contributed by atoms with van der Waals surface area (Å²) in [5, 5.41) is 0. The molecule has 0 radical (unpaired) electrons. The van der Waals surface area contributed by atoms with Gasteiger partial charge in [0.2, 0.25) is 0 Å². The molecule has 1 rings (SSSR count). The maximum absolute atomic E-state index is 5.57. The number of hydrogen-bond donors (Lipinski definition) is 0. The van der Waals surface area contributed by atoms with Gasteiger partial charge in [0, 0.05) is 26.3 Å². The molecule has 0 aromatic rings. The molecule has 1 aliphatic heterocycles. The summed E-state index contributed by atoms with van der Waals surface area (Å²) in [6.45, 7) is 7.61. The molecule has 1 saturated heterocycles. The molecule has 1 aliphatic rings. The fraction of sp³-hybridized carbons (Fsp3) is 1.00.